The van der Waals surface area contributed by atoms with Crippen molar-refractivity contribution < 1.29 is 9.18 Å². The largest absolute Gasteiger partial charge is 0.331 e. The number of nitrogens with zero attached hydrogens (tertiary/aromatic N) is 2. The Morgan fingerprint density at radius 1 is 1.20 bits per heavy atom. The number of nitriles is 1. The molecule has 0 radical (unpaired) electrons. The Kier molecular flexibility index (Phi) is 6.01. The van der Waals surface area contributed by atoms with Crippen LogP contribution in [0.2, 0.25) is 0 Å². The molecule has 0 spiro atoms. The van der Waals surface area contributed by atoms with Crippen molar-refractivity contribution in [2.24, 2.45) is 0 Å². The lowest BCUT2D eigenvalue weighted by Gasteiger charge is -2.46. The highest BCUT2D eigenvalue weighted by Crippen LogP contribution is 2.35. The van der Waals surface area contributed by atoms with Crippen LogP contribution in [0.1, 0.15) is 43.2 Å². The van der Waals surface area contributed by atoms with Crippen LogP contribution >= 0.6 is 0 Å². The van der Waals surface area contributed by atoms with Gasteiger partial charge in [0.25, 0.3) is 0 Å². The molecule has 1 saturated carbocycles. The van der Waals surface area contributed by atoms with Crippen molar-refractivity contribution in [3.63, 3.8) is 0 Å². The molecule has 1 aliphatic carbocycles. The van der Waals surface area contributed by atoms with Crippen molar-refractivity contribution in [1.82, 2.24) is 10.2 Å². The van der Waals surface area contributed by atoms with Gasteiger partial charge in [-0.25, -0.2) is 9.18 Å². The molecule has 2 aliphatic rings. The molecule has 0 aromatic heterocycles. The lowest BCUT2D eigenvalue weighted by molar-refractivity contribution is 0.109. The molecule has 0 bridgehead atoms. The van der Waals surface area contributed by atoms with Gasteiger partial charge in [0, 0.05) is 18.3 Å². The van der Waals surface area contributed by atoms with E-state index >= 15 is 0 Å². The maximum absolute atomic E-state index is 14.1. The summed E-state index contributed by atoms with van der Waals surface area (Å²) in [6.07, 6.45) is 5.84. The summed E-state index contributed by atoms with van der Waals surface area (Å²) < 4.78 is 14.1. The van der Waals surface area contributed by atoms with Crippen LogP contribution in [0.15, 0.2) is 48.5 Å². The van der Waals surface area contributed by atoms with E-state index < -0.39 is 0 Å². The number of benzene rings is 2. The van der Waals surface area contributed by atoms with Crippen LogP contribution in [0.5, 0.6) is 0 Å². The van der Waals surface area contributed by atoms with E-state index in [4.69, 9.17) is 5.26 Å². The number of nitrogens with one attached hydrogen (secondary N) is 2. The fourth-order valence-electron chi connectivity index (χ4n) is 4.64. The zero-order valence-corrected chi connectivity index (χ0v) is 17.0. The number of carbonyl (C=O) groups is 1. The number of amides is 2. The zero-order valence-electron chi connectivity index (χ0n) is 17.0. The van der Waals surface area contributed by atoms with E-state index in [9.17, 15) is 9.18 Å². The van der Waals surface area contributed by atoms with Gasteiger partial charge in [-0.2, -0.15) is 5.26 Å². The van der Waals surface area contributed by atoms with Gasteiger partial charge < -0.3 is 10.6 Å². The second-order valence-corrected chi connectivity index (χ2v) is 8.47. The van der Waals surface area contributed by atoms with Crippen LogP contribution in [0.4, 0.5) is 14.9 Å². The molecule has 4 rings (SSSR count). The van der Waals surface area contributed by atoms with E-state index in [1.165, 1.54) is 6.07 Å². The summed E-state index contributed by atoms with van der Waals surface area (Å²) in [7, 11) is 0. The Morgan fingerprint density at radius 2 is 2.03 bits per heavy atom. The standard InChI is InChI=1S/C24H27FN4O/c25-22-10-2-1-7-19(22)15-21-9-4-13-29(21)17-24(11-5-12-24)28-23(30)27-20-8-3-6-18(14-20)16-26/h1-3,6-8,10,14,21H,4-5,9,11-13,15,17H2,(H2,27,28,30). The molecular formula is C24H27FN4O. The SMILES string of the molecule is N#Cc1cccc(NC(=O)NC2(CN3CCCC3Cc3ccccc3F)CCC2)c1. The number of likely N-dealkylation sites (tertiary alicyclic amines) is 1. The van der Waals surface area contributed by atoms with Gasteiger partial charge in [0.15, 0.2) is 0 Å². The molecule has 6 heteroatoms. The van der Waals surface area contributed by atoms with E-state index in [0.717, 1.165) is 50.8 Å². The fourth-order valence-corrected chi connectivity index (χ4v) is 4.64. The molecule has 2 aromatic rings. The van der Waals surface area contributed by atoms with Crippen molar-refractivity contribution in [3.8, 4) is 6.07 Å². The highest BCUT2D eigenvalue weighted by Gasteiger charge is 2.42. The van der Waals surface area contributed by atoms with Gasteiger partial charge in [-0.15, -0.1) is 0 Å². The summed E-state index contributed by atoms with van der Waals surface area (Å²) in [4.78, 5) is 15.1. The first-order chi connectivity index (χ1) is 14.6. The summed E-state index contributed by atoms with van der Waals surface area (Å²) >= 11 is 0. The van der Waals surface area contributed by atoms with Crippen LogP contribution in [-0.4, -0.2) is 35.6 Å². The van der Waals surface area contributed by atoms with Gasteiger partial charge in [0.05, 0.1) is 17.2 Å². The summed E-state index contributed by atoms with van der Waals surface area (Å²) in [6.45, 7) is 1.77. The lowest BCUT2D eigenvalue weighted by Crippen LogP contribution is -2.61. The maximum atomic E-state index is 14.1. The first-order valence-corrected chi connectivity index (χ1v) is 10.6. The highest BCUT2D eigenvalue weighted by molar-refractivity contribution is 5.90. The van der Waals surface area contributed by atoms with Crippen molar-refractivity contribution in [1.29, 1.82) is 5.26 Å². The monoisotopic (exact) mass is 406 g/mol. The predicted octanol–water partition coefficient (Wildman–Crippen LogP) is 4.45. The summed E-state index contributed by atoms with van der Waals surface area (Å²) in [5.41, 5.74) is 1.65. The highest BCUT2D eigenvalue weighted by atomic mass is 19.1. The quantitative estimate of drug-likeness (QED) is 0.745. The molecule has 5 nitrogen and oxygen atoms in total. The Hall–Kier alpha value is -2.91. The summed E-state index contributed by atoms with van der Waals surface area (Å²) in [5, 5.41) is 15.1. The molecule has 1 unspecified atom stereocenters. The Bertz CT molecular complexity index is 950. The van der Waals surface area contributed by atoms with E-state index in [0.29, 0.717) is 23.7 Å². The number of carbonyl (C=O) groups excluding carboxylic acids is 1. The topological polar surface area (TPSA) is 68.2 Å². The van der Waals surface area contributed by atoms with Crippen LogP contribution in [0.25, 0.3) is 0 Å². The molecule has 2 N–H and O–H groups in total. The Labute approximate surface area is 176 Å². The van der Waals surface area contributed by atoms with Gasteiger partial charge in [-0.1, -0.05) is 24.3 Å². The smallest absolute Gasteiger partial charge is 0.319 e. The second kappa shape index (κ2) is 8.85. The minimum Gasteiger partial charge on any atom is -0.331 e. The summed E-state index contributed by atoms with van der Waals surface area (Å²) in [6, 6.07) is 16.1. The molecule has 2 amide bonds. The van der Waals surface area contributed by atoms with Crippen molar-refractivity contribution in [2.75, 3.05) is 18.4 Å². The third-order valence-corrected chi connectivity index (χ3v) is 6.36. The Balaban J connectivity index is 1.38. The summed E-state index contributed by atoms with van der Waals surface area (Å²) in [5.74, 6) is -0.139. The first-order valence-electron chi connectivity index (χ1n) is 10.6. The molecular weight excluding hydrogens is 379 g/mol. The van der Waals surface area contributed by atoms with E-state index in [1.807, 2.05) is 12.1 Å². The third kappa shape index (κ3) is 4.63. The number of urea groups is 1. The minimum absolute atomic E-state index is 0.139. The van der Waals surface area contributed by atoms with E-state index in [-0.39, 0.29) is 17.4 Å². The Morgan fingerprint density at radius 3 is 2.77 bits per heavy atom. The van der Waals surface area contributed by atoms with E-state index in [1.54, 1.807) is 30.3 Å². The fraction of sp³-hybridized carbons (Fsp3) is 0.417. The third-order valence-electron chi connectivity index (χ3n) is 6.36. The molecule has 1 atom stereocenters. The molecule has 2 aromatic carbocycles. The van der Waals surface area contributed by atoms with E-state index in [2.05, 4.69) is 21.6 Å². The van der Waals surface area contributed by atoms with Gasteiger partial charge in [-0.05, 0) is 74.9 Å². The molecule has 156 valence electrons. The maximum Gasteiger partial charge on any atom is 0.319 e. The van der Waals surface area contributed by atoms with Gasteiger partial charge in [-0.3, -0.25) is 4.90 Å². The average Bonchev–Trinajstić information content (AvgIpc) is 3.14. The van der Waals surface area contributed by atoms with Crippen molar-refractivity contribution >= 4 is 11.7 Å². The average molecular weight is 407 g/mol. The zero-order chi connectivity index (χ0) is 21.0. The van der Waals surface area contributed by atoms with Gasteiger partial charge in [0.2, 0.25) is 0 Å². The molecule has 30 heavy (non-hydrogen) atoms. The molecule has 2 fully saturated rings. The number of rotatable bonds is 6. The van der Waals surface area contributed by atoms with Gasteiger partial charge >= 0.3 is 6.03 Å². The number of anilines is 1. The van der Waals surface area contributed by atoms with Gasteiger partial charge in [0.1, 0.15) is 5.82 Å². The van der Waals surface area contributed by atoms with Crippen molar-refractivity contribution in [3.05, 3.63) is 65.5 Å². The molecule has 1 aliphatic heterocycles. The molecule has 1 saturated heterocycles. The van der Waals surface area contributed by atoms with Crippen LogP contribution in [-0.2, 0) is 6.42 Å². The number of hydrogen-bond acceptors (Lipinski definition) is 3. The van der Waals surface area contributed by atoms with Crippen LogP contribution < -0.4 is 10.6 Å². The lowest BCUT2D eigenvalue weighted by atomic mass is 9.76. The molecule has 1 heterocycles. The normalized spacial score (nSPS) is 20.2. The van der Waals surface area contributed by atoms with Crippen LogP contribution in [0.3, 0.4) is 0 Å². The minimum atomic E-state index is -0.241. The number of halogens is 1. The van der Waals surface area contributed by atoms with Crippen molar-refractivity contribution in [2.45, 2.75) is 50.1 Å². The predicted molar refractivity (Wildman–Crippen MR) is 115 cm³/mol. The second-order valence-electron chi connectivity index (χ2n) is 8.47. The van der Waals surface area contributed by atoms with Crippen LogP contribution in [0, 0.1) is 17.1 Å². The number of hydrogen-bond donors (Lipinski definition) is 2. The first kappa shape index (κ1) is 20.4.